The van der Waals surface area contributed by atoms with Crippen molar-refractivity contribution < 1.29 is 9.90 Å². The fourth-order valence-corrected chi connectivity index (χ4v) is 2.82. The molecule has 0 aromatic carbocycles. The van der Waals surface area contributed by atoms with Crippen molar-refractivity contribution in [3.63, 3.8) is 0 Å². The van der Waals surface area contributed by atoms with Gasteiger partial charge in [0.1, 0.15) is 0 Å². The Balaban J connectivity index is 1.63. The van der Waals surface area contributed by atoms with Crippen LogP contribution in [0.1, 0.15) is 38.5 Å². The summed E-state index contributed by atoms with van der Waals surface area (Å²) in [5, 5.41) is 12.1. The van der Waals surface area contributed by atoms with Crippen LogP contribution in [0.15, 0.2) is 0 Å². The van der Waals surface area contributed by atoms with Crippen molar-refractivity contribution in [2.45, 2.75) is 44.6 Å². The van der Waals surface area contributed by atoms with Crippen LogP contribution in [0.4, 0.5) is 0 Å². The van der Waals surface area contributed by atoms with Gasteiger partial charge in [-0.15, -0.1) is 0 Å². The third-order valence-electron chi connectivity index (χ3n) is 3.88. The van der Waals surface area contributed by atoms with E-state index >= 15 is 0 Å². The molecule has 2 aliphatic rings. The maximum absolute atomic E-state index is 11.8. The van der Waals surface area contributed by atoms with Crippen LogP contribution < -0.4 is 5.32 Å². The fraction of sp³-hybridized carbons (Fsp3) is 0.923. The van der Waals surface area contributed by atoms with Crippen molar-refractivity contribution in [3.8, 4) is 0 Å². The lowest BCUT2D eigenvalue weighted by atomic mass is 10.0. The SMILES string of the molecule is O=C(CN1CC(CO)C1)NC1CCCCCC1. The van der Waals surface area contributed by atoms with E-state index < -0.39 is 0 Å². The number of likely N-dealkylation sites (tertiary alicyclic amines) is 1. The highest BCUT2D eigenvalue weighted by Crippen LogP contribution is 2.17. The maximum atomic E-state index is 11.8. The van der Waals surface area contributed by atoms with Crippen molar-refractivity contribution in [2.24, 2.45) is 5.92 Å². The van der Waals surface area contributed by atoms with Gasteiger partial charge in [0.05, 0.1) is 6.54 Å². The molecule has 4 heteroatoms. The Kier molecular flexibility index (Phi) is 4.80. The monoisotopic (exact) mass is 240 g/mol. The molecule has 0 aromatic rings. The second kappa shape index (κ2) is 6.36. The number of hydrogen-bond donors (Lipinski definition) is 2. The van der Waals surface area contributed by atoms with Gasteiger partial charge in [0, 0.05) is 31.7 Å². The quantitative estimate of drug-likeness (QED) is 0.713. The molecule has 1 amide bonds. The summed E-state index contributed by atoms with van der Waals surface area (Å²) in [7, 11) is 0. The molecule has 0 atom stereocenters. The first kappa shape index (κ1) is 12.8. The normalized spacial score (nSPS) is 24.1. The van der Waals surface area contributed by atoms with Gasteiger partial charge in [0.15, 0.2) is 0 Å². The highest BCUT2D eigenvalue weighted by Gasteiger charge is 2.27. The highest BCUT2D eigenvalue weighted by atomic mass is 16.3. The first-order valence-corrected chi connectivity index (χ1v) is 6.90. The van der Waals surface area contributed by atoms with Crippen LogP contribution in [0.25, 0.3) is 0 Å². The number of carbonyl (C=O) groups is 1. The van der Waals surface area contributed by atoms with Gasteiger partial charge >= 0.3 is 0 Å². The van der Waals surface area contributed by atoms with E-state index in [1.807, 2.05) is 0 Å². The Hall–Kier alpha value is -0.610. The van der Waals surface area contributed by atoms with Gasteiger partial charge in [0.2, 0.25) is 5.91 Å². The van der Waals surface area contributed by atoms with E-state index in [1.54, 1.807) is 0 Å². The summed E-state index contributed by atoms with van der Waals surface area (Å²) in [5.41, 5.74) is 0. The van der Waals surface area contributed by atoms with E-state index in [0.29, 0.717) is 18.5 Å². The van der Waals surface area contributed by atoms with Crippen molar-refractivity contribution >= 4 is 5.91 Å². The molecular weight excluding hydrogens is 216 g/mol. The Morgan fingerprint density at radius 1 is 1.18 bits per heavy atom. The van der Waals surface area contributed by atoms with Gasteiger partial charge in [-0.2, -0.15) is 0 Å². The molecular formula is C13H24N2O2. The van der Waals surface area contributed by atoms with Crippen LogP contribution in [0.5, 0.6) is 0 Å². The van der Waals surface area contributed by atoms with Crippen LogP contribution in [-0.2, 0) is 4.79 Å². The molecule has 1 saturated carbocycles. The zero-order valence-corrected chi connectivity index (χ0v) is 10.5. The van der Waals surface area contributed by atoms with Gasteiger partial charge in [-0.05, 0) is 12.8 Å². The lowest BCUT2D eigenvalue weighted by Gasteiger charge is -2.37. The van der Waals surface area contributed by atoms with Crippen molar-refractivity contribution in [1.82, 2.24) is 10.2 Å². The molecule has 2 rings (SSSR count). The number of hydrogen-bond acceptors (Lipinski definition) is 3. The van der Waals surface area contributed by atoms with Crippen LogP contribution in [0.3, 0.4) is 0 Å². The minimum atomic E-state index is 0.160. The third-order valence-corrected chi connectivity index (χ3v) is 3.88. The molecule has 2 fully saturated rings. The molecule has 2 N–H and O–H groups in total. The molecule has 1 heterocycles. The van der Waals surface area contributed by atoms with Gasteiger partial charge in [-0.3, -0.25) is 9.69 Å². The largest absolute Gasteiger partial charge is 0.396 e. The highest BCUT2D eigenvalue weighted by molar-refractivity contribution is 5.78. The molecule has 0 radical (unpaired) electrons. The van der Waals surface area contributed by atoms with Crippen molar-refractivity contribution in [3.05, 3.63) is 0 Å². The summed E-state index contributed by atoms with van der Waals surface area (Å²) in [4.78, 5) is 13.9. The molecule has 98 valence electrons. The number of aliphatic hydroxyl groups is 1. The van der Waals surface area contributed by atoms with Gasteiger partial charge in [0.25, 0.3) is 0 Å². The lowest BCUT2D eigenvalue weighted by molar-refractivity contribution is -0.125. The predicted octanol–water partition coefficient (Wildman–Crippen LogP) is 0.749. The number of nitrogens with zero attached hydrogens (tertiary/aromatic N) is 1. The van der Waals surface area contributed by atoms with Crippen molar-refractivity contribution in [2.75, 3.05) is 26.2 Å². The van der Waals surface area contributed by atoms with E-state index in [4.69, 9.17) is 5.11 Å². The second-order valence-corrected chi connectivity index (χ2v) is 5.50. The zero-order chi connectivity index (χ0) is 12.1. The number of amides is 1. The average Bonchev–Trinajstić information content (AvgIpc) is 2.51. The summed E-state index contributed by atoms with van der Waals surface area (Å²) in [6.45, 7) is 2.50. The van der Waals surface area contributed by atoms with Crippen molar-refractivity contribution in [1.29, 1.82) is 0 Å². The Bertz CT molecular complexity index is 244. The van der Waals surface area contributed by atoms with Crippen LogP contribution in [0.2, 0.25) is 0 Å². The number of aliphatic hydroxyl groups excluding tert-OH is 1. The van der Waals surface area contributed by atoms with E-state index in [1.165, 1.54) is 25.7 Å². The molecule has 0 spiro atoms. The van der Waals surface area contributed by atoms with E-state index in [0.717, 1.165) is 25.9 Å². The molecule has 1 aliphatic heterocycles. The Labute approximate surface area is 103 Å². The Morgan fingerprint density at radius 2 is 1.82 bits per heavy atom. The number of nitrogens with one attached hydrogen (secondary N) is 1. The van der Waals surface area contributed by atoms with Gasteiger partial charge < -0.3 is 10.4 Å². The number of rotatable bonds is 4. The molecule has 4 nitrogen and oxygen atoms in total. The lowest BCUT2D eigenvalue weighted by Crippen LogP contribution is -2.52. The topological polar surface area (TPSA) is 52.6 Å². The van der Waals surface area contributed by atoms with Crippen LogP contribution >= 0.6 is 0 Å². The summed E-state index contributed by atoms with van der Waals surface area (Å²) in [6.07, 6.45) is 7.42. The minimum Gasteiger partial charge on any atom is -0.396 e. The molecule has 0 bridgehead atoms. The second-order valence-electron chi connectivity index (χ2n) is 5.50. The van der Waals surface area contributed by atoms with Gasteiger partial charge in [-0.1, -0.05) is 25.7 Å². The van der Waals surface area contributed by atoms with E-state index in [-0.39, 0.29) is 12.5 Å². The molecule has 0 unspecified atom stereocenters. The first-order chi connectivity index (χ1) is 8.28. The van der Waals surface area contributed by atoms with E-state index in [2.05, 4.69) is 10.2 Å². The number of carbonyl (C=O) groups excluding carboxylic acids is 1. The molecule has 17 heavy (non-hydrogen) atoms. The van der Waals surface area contributed by atoms with E-state index in [9.17, 15) is 4.79 Å². The fourth-order valence-electron chi connectivity index (χ4n) is 2.82. The zero-order valence-electron chi connectivity index (χ0n) is 10.5. The molecule has 0 aromatic heterocycles. The summed E-state index contributed by atoms with van der Waals surface area (Å²) in [5.74, 6) is 0.550. The molecule has 1 aliphatic carbocycles. The predicted molar refractivity (Wildman–Crippen MR) is 66.6 cm³/mol. The Morgan fingerprint density at radius 3 is 2.41 bits per heavy atom. The maximum Gasteiger partial charge on any atom is 0.234 e. The standard InChI is InChI=1S/C13H24N2O2/c16-10-11-7-15(8-11)9-13(17)14-12-5-3-1-2-4-6-12/h11-12,16H,1-10H2,(H,14,17). The summed E-state index contributed by atoms with van der Waals surface area (Å²) >= 11 is 0. The summed E-state index contributed by atoms with van der Waals surface area (Å²) < 4.78 is 0. The van der Waals surface area contributed by atoms with Gasteiger partial charge in [-0.25, -0.2) is 0 Å². The minimum absolute atomic E-state index is 0.160. The average molecular weight is 240 g/mol. The smallest absolute Gasteiger partial charge is 0.234 e. The molecule has 1 saturated heterocycles. The van der Waals surface area contributed by atoms with Crippen LogP contribution in [0, 0.1) is 5.92 Å². The summed E-state index contributed by atoms with van der Waals surface area (Å²) in [6, 6.07) is 0.403. The third kappa shape index (κ3) is 3.96. The van der Waals surface area contributed by atoms with Crippen LogP contribution in [-0.4, -0.2) is 48.2 Å². The first-order valence-electron chi connectivity index (χ1n) is 6.90.